The maximum absolute atomic E-state index is 12.0. The Balaban J connectivity index is 1.96. The fourth-order valence-corrected chi connectivity index (χ4v) is 4.17. The van der Waals surface area contributed by atoms with Gasteiger partial charge in [-0.15, -0.1) is 0 Å². The van der Waals surface area contributed by atoms with E-state index in [2.05, 4.69) is 10.2 Å². The summed E-state index contributed by atoms with van der Waals surface area (Å²) in [5.41, 5.74) is -0.0202. The molecule has 128 valence electrons. The smallest absolute Gasteiger partial charge is 0.235 e. The lowest BCUT2D eigenvalue weighted by Gasteiger charge is -2.48. The Labute approximate surface area is 133 Å². The SMILES string of the molecule is CCS(=O)(=O)CC(=O)NCC1(N2CCOCC2)CCCCC1. The van der Waals surface area contributed by atoms with Crippen LogP contribution in [0.25, 0.3) is 0 Å². The second-order valence-electron chi connectivity index (χ2n) is 6.34. The third kappa shape index (κ3) is 4.67. The summed E-state index contributed by atoms with van der Waals surface area (Å²) in [4.78, 5) is 14.4. The van der Waals surface area contributed by atoms with Crippen molar-refractivity contribution in [2.75, 3.05) is 44.4 Å². The average Bonchev–Trinajstić information content (AvgIpc) is 2.54. The molecule has 0 aromatic rings. The minimum Gasteiger partial charge on any atom is -0.379 e. The summed E-state index contributed by atoms with van der Waals surface area (Å²) >= 11 is 0. The van der Waals surface area contributed by atoms with Crippen LogP contribution in [0.1, 0.15) is 39.0 Å². The molecule has 0 atom stereocenters. The Morgan fingerprint density at radius 3 is 2.41 bits per heavy atom. The zero-order valence-corrected chi connectivity index (χ0v) is 14.3. The molecule has 0 spiro atoms. The fourth-order valence-electron chi connectivity index (χ4n) is 3.47. The number of sulfone groups is 1. The Bertz CT molecular complexity index is 466. The molecule has 1 heterocycles. The summed E-state index contributed by atoms with van der Waals surface area (Å²) in [6.07, 6.45) is 5.70. The molecule has 1 aliphatic heterocycles. The van der Waals surface area contributed by atoms with Crippen molar-refractivity contribution < 1.29 is 17.9 Å². The highest BCUT2D eigenvalue weighted by Gasteiger charge is 2.38. The van der Waals surface area contributed by atoms with Crippen LogP contribution in [0.5, 0.6) is 0 Å². The monoisotopic (exact) mass is 332 g/mol. The summed E-state index contributed by atoms with van der Waals surface area (Å²) in [5, 5.41) is 2.88. The van der Waals surface area contributed by atoms with Gasteiger partial charge in [-0.2, -0.15) is 0 Å². The molecule has 0 aromatic carbocycles. The lowest BCUT2D eigenvalue weighted by molar-refractivity contribution is -0.120. The lowest BCUT2D eigenvalue weighted by atomic mass is 9.79. The van der Waals surface area contributed by atoms with Crippen LogP contribution in [0.15, 0.2) is 0 Å². The highest BCUT2D eigenvalue weighted by Crippen LogP contribution is 2.33. The highest BCUT2D eigenvalue weighted by molar-refractivity contribution is 7.92. The van der Waals surface area contributed by atoms with Gasteiger partial charge in [0.25, 0.3) is 0 Å². The highest BCUT2D eigenvalue weighted by atomic mass is 32.2. The number of hydrogen-bond acceptors (Lipinski definition) is 5. The average molecular weight is 332 g/mol. The van der Waals surface area contributed by atoms with Crippen LogP contribution in [0.2, 0.25) is 0 Å². The zero-order chi connectivity index (χ0) is 16.1. The number of carbonyl (C=O) groups is 1. The molecule has 6 nitrogen and oxygen atoms in total. The minimum absolute atomic E-state index is 0.00896. The van der Waals surface area contributed by atoms with Gasteiger partial charge in [-0.3, -0.25) is 9.69 Å². The maximum Gasteiger partial charge on any atom is 0.235 e. The number of rotatable bonds is 6. The molecule has 7 heteroatoms. The molecule has 1 amide bonds. The van der Waals surface area contributed by atoms with Crippen LogP contribution in [0.3, 0.4) is 0 Å². The number of amides is 1. The van der Waals surface area contributed by atoms with Crippen molar-refractivity contribution in [2.45, 2.75) is 44.6 Å². The number of nitrogens with zero attached hydrogens (tertiary/aromatic N) is 1. The van der Waals surface area contributed by atoms with Crippen molar-refractivity contribution in [3.05, 3.63) is 0 Å². The van der Waals surface area contributed by atoms with Crippen molar-refractivity contribution in [3.8, 4) is 0 Å². The minimum atomic E-state index is -3.26. The van der Waals surface area contributed by atoms with E-state index in [1.54, 1.807) is 6.92 Å². The standard InChI is InChI=1S/C15H28N2O4S/c1-2-22(19,20)12-14(18)16-13-15(6-4-3-5-7-15)17-8-10-21-11-9-17/h2-13H2,1H3,(H,16,18). The van der Waals surface area contributed by atoms with Gasteiger partial charge < -0.3 is 10.1 Å². The van der Waals surface area contributed by atoms with E-state index in [9.17, 15) is 13.2 Å². The molecule has 0 radical (unpaired) electrons. The second-order valence-corrected chi connectivity index (χ2v) is 8.69. The van der Waals surface area contributed by atoms with Crippen LogP contribution in [-0.2, 0) is 19.4 Å². The molecule has 1 N–H and O–H groups in total. The molecule has 0 bridgehead atoms. The van der Waals surface area contributed by atoms with Crippen LogP contribution in [-0.4, -0.2) is 69.1 Å². The van der Waals surface area contributed by atoms with E-state index >= 15 is 0 Å². The van der Waals surface area contributed by atoms with Gasteiger partial charge in [0.1, 0.15) is 5.75 Å². The van der Waals surface area contributed by atoms with E-state index in [0.717, 1.165) is 39.1 Å². The second kappa shape index (κ2) is 7.75. The van der Waals surface area contributed by atoms with Gasteiger partial charge in [-0.25, -0.2) is 8.42 Å². The normalized spacial score (nSPS) is 23.1. The van der Waals surface area contributed by atoms with Crippen molar-refractivity contribution in [3.63, 3.8) is 0 Å². The topological polar surface area (TPSA) is 75.7 Å². The molecular weight excluding hydrogens is 304 g/mol. The molecule has 0 unspecified atom stereocenters. The van der Waals surface area contributed by atoms with E-state index in [1.807, 2.05) is 0 Å². The van der Waals surface area contributed by atoms with Crippen LogP contribution >= 0.6 is 0 Å². The largest absolute Gasteiger partial charge is 0.379 e. The summed E-state index contributed by atoms with van der Waals surface area (Å²) in [7, 11) is -3.26. The molecule has 2 rings (SSSR count). The Hall–Kier alpha value is -0.660. The molecule has 2 aliphatic rings. The van der Waals surface area contributed by atoms with Crippen molar-refractivity contribution in [2.24, 2.45) is 0 Å². The third-order valence-corrected chi connectivity index (χ3v) is 6.45. The first-order chi connectivity index (χ1) is 10.5. The number of nitrogens with one attached hydrogen (secondary N) is 1. The molecular formula is C15H28N2O4S. The number of morpholine rings is 1. The maximum atomic E-state index is 12.0. The van der Waals surface area contributed by atoms with Crippen molar-refractivity contribution >= 4 is 15.7 Å². The first-order valence-electron chi connectivity index (χ1n) is 8.27. The first-order valence-corrected chi connectivity index (χ1v) is 10.1. The van der Waals surface area contributed by atoms with Gasteiger partial charge >= 0.3 is 0 Å². The molecule has 0 aromatic heterocycles. The van der Waals surface area contributed by atoms with Crippen LogP contribution < -0.4 is 5.32 Å². The van der Waals surface area contributed by atoms with Gasteiger partial charge in [0.2, 0.25) is 5.91 Å². The first kappa shape index (κ1) is 17.7. The van der Waals surface area contributed by atoms with E-state index < -0.39 is 15.6 Å². The van der Waals surface area contributed by atoms with E-state index in [1.165, 1.54) is 19.3 Å². The van der Waals surface area contributed by atoms with Gasteiger partial charge in [0, 0.05) is 30.9 Å². The Kier molecular flexibility index (Phi) is 6.23. The van der Waals surface area contributed by atoms with Crippen LogP contribution in [0.4, 0.5) is 0 Å². The Morgan fingerprint density at radius 2 is 1.82 bits per heavy atom. The lowest BCUT2D eigenvalue weighted by Crippen LogP contribution is -2.60. The van der Waals surface area contributed by atoms with Crippen molar-refractivity contribution in [1.82, 2.24) is 10.2 Å². The van der Waals surface area contributed by atoms with Gasteiger partial charge in [-0.05, 0) is 12.8 Å². The molecule has 2 fully saturated rings. The van der Waals surface area contributed by atoms with E-state index in [-0.39, 0.29) is 17.2 Å². The molecule has 1 saturated heterocycles. The van der Waals surface area contributed by atoms with Crippen LogP contribution in [0, 0.1) is 0 Å². The van der Waals surface area contributed by atoms with Gasteiger partial charge in [-0.1, -0.05) is 26.2 Å². The van der Waals surface area contributed by atoms with Gasteiger partial charge in [0.15, 0.2) is 9.84 Å². The fraction of sp³-hybridized carbons (Fsp3) is 0.933. The number of ether oxygens (including phenoxy) is 1. The van der Waals surface area contributed by atoms with Gasteiger partial charge in [0.05, 0.1) is 13.2 Å². The molecule has 1 saturated carbocycles. The zero-order valence-electron chi connectivity index (χ0n) is 13.5. The predicted molar refractivity (Wildman–Crippen MR) is 85.5 cm³/mol. The van der Waals surface area contributed by atoms with E-state index in [4.69, 9.17) is 4.74 Å². The third-order valence-electron chi connectivity index (χ3n) is 4.87. The quantitative estimate of drug-likeness (QED) is 0.770. The molecule has 1 aliphatic carbocycles. The van der Waals surface area contributed by atoms with E-state index in [0.29, 0.717) is 6.54 Å². The summed E-state index contributed by atoms with van der Waals surface area (Å²) in [6.45, 7) is 5.37. The number of carbonyl (C=O) groups excluding carboxylic acids is 1. The van der Waals surface area contributed by atoms with Crippen molar-refractivity contribution in [1.29, 1.82) is 0 Å². The summed E-state index contributed by atoms with van der Waals surface area (Å²) in [6, 6.07) is 0. The Morgan fingerprint density at radius 1 is 1.18 bits per heavy atom. The summed E-state index contributed by atoms with van der Waals surface area (Å²) < 4.78 is 28.5. The predicted octanol–water partition coefficient (Wildman–Crippen LogP) is 0.572. The number of hydrogen-bond donors (Lipinski definition) is 1. The summed E-state index contributed by atoms with van der Waals surface area (Å²) in [5.74, 6) is -0.766. The molecule has 22 heavy (non-hydrogen) atoms.